The lowest BCUT2D eigenvalue weighted by atomic mass is 10.1. The second-order valence-electron chi connectivity index (χ2n) is 4.34. The van der Waals surface area contributed by atoms with Crippen LogP contribution in [0.5, 0.6) is 0 Å². The fraction of sp³-hybridized carbons (Fsp3) is 0.600. The molecule has 3 N–H and O–H groups in total. The van der Waals surface area contributed by atoms with E-state index in [0.717, 1.165) is 0 Å². The van der Waals surface area contributed by atoms with Gasteiger partial charge in [0.25, 0.3) is 5.56 Å². The highest BCUT2D eigenvalue weighted by molar-refractivity contribution is 5.02. The quantitative estimate of drug-likeness (QED) is 0.584. The minimum absolute atomic E-state index is 0.0126. The Morgan fingerprint density at radius 3 is 2.75 bits per heavy atom. The summed E-state index contributed by atoms with van der Waals surface area (Å²) in [5.74, 6) is 0.0383. The van der Waals surface area contributed by atoms with Gasteiger partial charge in [-0.3, -0.25) is 14.3 Å². The fourth-order valence-electron chi connectivity index (χ4n) is 2.04. The molecule has 0 radical (unpaired) electrons. The average Bonchev–Trinajstić information content (AvgIpc) is 2.97. The third-order valence-corrected chi connectivity index (χ3v) is 3.28. The number of nitrogens with one attached hydrogen (secondary N) is 1. The van der Waals surface area contributed by atoms with Crippen molar-refractivity contribution in [1.82, 2.24) is 9.55 Å². The summed E-state index contributed by atoms with van der Waals surface area (Å²) in [5, 5.41) is 18.3. The number of aromatic amines is 1. The Kier molecular flexibility index (Phi) is 2.69. The van der Waals surface area contributed by atoms with Gasteiger partial charge in [-0.15, -0.1) is 0 Å². The lowest BCUT2D eigenvalue weighted by molar-refractivity contribution is 0.156. The molecule has 1 aromatic rings. The predicted molar refractivity (Wildman–Crippen MR) is 56.0 cm³/mol. The Morgan fingerprint density at radius 1 is 1.50 bits per heavy atom. The standard InChI is InChI=1S/C10H14N2O4/c13-4-7-3-10(7,6-14)5-12-2-1-8(15)11-9(12)16/h1-2,7,13-14H,3-6H2,(H,11,15,16)/t7-,10-/m0/s1. The molecule has 1 aromatic heterocycles. The molecule has 16 heavy (non-hydrogen) atoms. The molecule has 0 aliphatic heterocycles. The van der Waals surface area contributed by atoms with E-state index in [1.54, 1.807) is 0 Å². The van der Waals surface area contributed by atoms with Crippen LogP contribution < -0.4 is 11.2 Å². The first-order chi connectivity index (χ1) is 7.61. The summed E-state index contributed by atoms with van der Waals surface area (Å²) in [7, 11) is 0. The van der Waals surface area contributed by atoms with E-state index in [4.69, 9.17) is 5.11 Å². The van der Waals surface area contributed by atoms with Gasteiger partial charge in [0.15, 0.2) is 0 Å². The van der Waals surface area contributed by atoms with Crippen molar-refractivity contribution >= 4 is 0 Å². The van der Waals surface area contributed by atoms with Crippen LogP contribution in [-0.4, -0.2) is 33.0 Å². The second-order valence-corrected chi connectivity index (χ2v) is 4.34. The van der Waals surface area contributed by atoms with Gasteiger partial charge in [0.1, 0.15) is 0 Å². The second kappa shape index (κ2) is 3.88. The molecule has 6 nitrogen and oxygen atoms in total. The third-order valence-electron chi connectivity index (χ3n) is 3.28. The van der Waals surface area contributed by atoms with Crippen molar-refractivity contribution in [2.75, 3.05) is 13.2 Å². The zero-order valence-electron chi connectivity index (χ0n) is 8.72. The van der Waals surface area contributed by atoms with Gasteiger partial charge in [-0.25, -0.2) is 4.79 Å². The maximum atomic E-state index is 11.4. The molecular weight excluding hydrogens is 212 g/mol. The Bertz CT molecular complexity index is 492. The van der Waals surface area contributed by atoms with Crippen LogP contribution >= 0.6 is 0 Å². The number of rotatable bonds is 4. The SMILES string of the molecule is O=c1ccn(C[C@]2(CO)C[C@H]2CO)c(=O)[nH]1. The molecule has 0 saturated heterocycles. The number of aliphatic hydroxyl groups excluding tert-OH is 2. The number of hydrogen-bond acceptors (Lipinski definition) is 4. The van der Waals surface area contributed by atoms with Gasteiger partial charge in [-0.2, -0.15) is 0 Å². The Morgan fingerprint density at radius 2 is 2.25 bits per heavy atom. The van der Waals surface area contributed by atoms with Crippen molar-refractivity contribution in [3.8, 4) is 0 Å². The van der Waals surface area contributed by atoms with E-state index in [0.29, 0.717) is 13.0 Å². The number of H-pyrrole nitrogens is 1. The van der Waals surface area contributed by atoms with E-state index in [-0.39, 0.29) is 19.1 Å². The van der Waals surface area contributed by atoms with E-state index in [2.05, 4.69) is 4.98 Å². The number of hydrogen-bond donors (Lipinski definition) is 3. The molecule has 1 heterocycles. The van der Waals surface area contributed by atoms with Gasteiger partial charge in [-0.1, -0.05) is 0 Å². The molecule has 1 aliphatic rings. The summed E-state index contributed by atoms with van der Waals surface area (Å²) in [5.41, 5.74) is -1.32. The number of nitrogens with zero attached hydrogens (tertiary/aromatic N) is 1. The van der Waals surface area contributed by atoms with Gasteiger partial charge in [0.2, 0.25) is 0 Å². The first kappa shape index (κ1) is 11.1. The molecule has 0 spiro atoms. The van der Waals surface area contributed by atoms with Crippen molar-refractivity contribution in [2.45, 2.75) is 13.0 Å². The molecule has 0 bridgehead atoms. The maximum Gasteiger partial charge on any atom is 0.328 e. The molecule has 1 fully saturated rings. The van der Waals surface area contributed by atoms with Crippen LogP contribution in [0.1, 0.15) is 6.42 Å². The first-order valence-corrected chi connectivity index (χ1v) is 5.13. The zero-order chi connectivity index (χ0) is 11.8. The predicted octanol–water partition coefficient (Wildman–Crippen LogP) is -1.47. The Hall–Kier alpha value is -1.40. The van der Waals surface area contributed by atoms with Crippen LogP contribution in [0.4, 0.5) is 0 Å². The fourth-order valence-corrected chi connectivity index (χ4v) is 2.04. The van der Waals surface area contributed by atoms with Gasteiger partial charge >= 0.3 is 5.69 Å². The van der Waals surface area contributed by atoms with Crippen LogP contribution in [0.15, 0.2) is 21.9 Å². The molecule has 1 saturated carbocycles. The van der Waals surface area contributed by atoms with E-state index in [1.165, 1.54) is 16.8 Å². The van der Waals surface area contributed by atoms with Gasteiger partial charge in [0, 0.05) is 30.8 Å². The van der Waals surface area contributed by atoms with Crippen molar-refractivity contribution in [3.05, 3.63) is 33.1 Å². The van der Waals surface area contributed by atoms with Crippen molar-refractivity contribution in [2.24, 2.45) is 11.3 Å². The summed E-state index contributed by atoms with van der Waals surface area (Å²) < 4.78 is 1.35. The van der Waals surface area contributed by atoms with Crippen LogP contribution in [0, 0.1) is 11.3 Å². The largest absolute Gasteiger partial charge is 0.396 e. The normalized spacial score (nSPS) is 28.0. The highest BCUT2D eigenvalue weighted by Crippen LogP contribution is 2.52. The van der Waals surface area contributed by atoms with Crippen LogP contribution in [0.2, 0.25) is 0 Å². The van der Waals surface area contributed by atoms with Crippen molar-refractivity contribution in [1.29, 1.82) is 0 Å². The summed E-state index contributed by atoms with van der Waals surface area (Å²) in [6.07, 6.45) is 2.11. The Labute approximate surface area is 91.2 Å². The van der Waals surface area contributed by atoms with E-state index in [9.17, 15) is 14.7 Å². The Balaban J connectivity index is 2.21. The lowest BCUT2D eigenvalue weighted by Gasteiger charge is -2.14. The molecular formula is C10H14N2O4. The summed E-state index contributed by atoms with van der Waals surface area (Å²) in [4.78, 5) is 24.4. The highest BCUT2D eigenvalue weighted by atomic mass is 16.3. The van der Waals surface area contributed by atoms with Crippen molar-refractivity contribution in [3.63, 3.8) is 0 Å². The average molecular weight is 226 g/mol. The highest BCUT2D eigenvalue weighted by Gasteiger charge is 2.53. The molecule has 1 aliphatic carbocycles. The molecule has 2 atom stereocenters. The molecule has 88 valence electrons. The number of aliphatic hydroxyl groups is 2. The molecule has 0 unspecified atom stereocenters. The van der Waals surface area contributed by atoms with Gasteiger partial charge in [-0.05, 0) is 12.3 Å². The molecule has 0 amide bonds. The van der Waals surface area contributed by atoms with E-state index in [1.807, 2.05) is 0 Å². The summed E-state index contributed by atoms with van der Waals surface area (Å²) in [6.45, 7) is 0.271. The van der Waals surface area contributed by atoms with Crippen molar-refractivity contribution < 1.29 is 10.2 Å². The van der Waals surface area contributed by atoms with E-state index >= 15 is 0 Å². The molecule has 0 aromatic carbocycles. The third kappa shape index (κ3) is 1.81. The topological polar surface area (TPSA) is 95.3 Å². The van der Waals surface area contributed by atoms with Crippen LogP contribution in [0.25, 0.3) is 0 Å². The zero-order valence-corrected chi connectivity index (χ0v) is 8.72. The number of aromatic nitrogens is 2. The smallest absolute Gasteiger partial charge is 0.328 e. The van der Waals surface area contributed by atoms with Gasteiger partial charge in [0.05, 0.1) is 6.61 Å². The van der Waals surface area contributed by atoms with Crippen LogP contribution in [-0.2, 0) is 6.54 Å². The summed E-state index contributed by atoms with van der Waals surface area (Å²) in [6, 6.07) is 1.27. The molecule has 6 heteroatoms. The molecule has 2 rings (SSSR count). The maximum absolute atomic E-state index is 11.4. The van der Waals surface area contributed by atoms with E-state index < -0.39 is 16.7 Å². The monoisotopic (exact) mass is 226 g/mol. The lowest BCUT2D eigenvalue weighted by Crippen LogP contribution is -2.32. The minimum atomic E-state index is -0.482. The minimum Gasteiger partial charge on any atom is -0.396 e. The summed E-state index contributed by atoms with van der Waals surface area (Å²) >= 11 is 0. The van der Waals surface area contributed by atoms with Gasteiger partial charge < -0.3 is 10.2 Å². The first-order valence-electron chi connectivity index (χ1n) is 5.13. The van der Waals surface area contributed by atoms with Crippen LogP contribution in [0.3, 0.4) is 0 Å².